The predicted octanol–water partition coefficient (Wildman–Crippen LogP) is 1.57. The van der Waals surface area contributed by atoms with E-state index in [1.165, 1.54) is 0 Å². The fraction of sp³-hybridized carbons (Fsp3) is 0.421. The maximum absolute atomic E-state index is 4.87. The smallest absolute Gasteiger partial charge is 0.221 e. The van der Waals surface area contributed by atoms with Gasteiger partial charge < -0.3 is 9.80 Å². The highest BCUT2D eigenvalue weighted by Gasteiger charge is 2.36. The average molecular weight is 367 g/mol. The molecule has 8 nitrogen and oxygen atoms in total. The van der Waals surface area contributed by atoms with Gasteiger partial charge in [0.2, 0.25) is 12.7 Å². The molecule has 1 aromatic rings. The van der Waals surface area contributed by atoms with Crippen molar-refractivity contribution in [2.24, 2.45) is 20.0 Å². The Balaban J connectivity index is 1.83. The zero-order valence-corrected chi connectivity index (χ0v) is 16.2. The molecule has 0 saturated heterocycles. The molecule has 3 rings (SSSR count). The number of H-pyrrole nitrogens is 1. The molecule has 8 heteroatoms. The van der Waals surface area contributed by atoms with Crippen LogP contribution in [0.2, 0.25) is 0 Å². The van der Waals surface area contributed by atoms with Crippen molar-refractivity contribution in [1.29, 1.82) is 0 Å². The first-order chi connectivity index (χ1) is 13.2. The van der Waals surface area contributed by atoms with Gasteiger partial charge in [0.15, 0.2) is 5.69 Å². The van der Waals surface area contributed by atoms with Crippen molar-refractivity contribution in [2.75, 3.05) is 20.1 Å². The SMILES string of the molecule is C=N/C(=C\C=C/C)C[n+]1cc(N=C2C3N=CN(CC)C3CN=CN2C)c[nH]1. The summed E-state index contributed by atoms with van der Waals surface area (Å²) in [6.45, 7) is 9.97. The molecule has 1 aromatic heterocycles. The van der Waals surface area contributed by atoms with Crippen molar-refractivity contribution in [3.8, 4) is 0 Å². The minimum Gasteiger partial charge on any atom is -0.356 e. The van der Waals surface area contributed by atoms with Crippen LogP contribution in [-0.4, -0.2) is 72.3 Å². The highest BCUT2D eigenvalue weighted by atomic mass is 15.3. The number of allylic oxidation sites excluding steroid dienone is 4. The Morgan fingerprint density at radius 2 is 2.33 bits per heavy atom. The molecule has 3 heterocycles. The van der Waals surface area contributed by atoms with Crippen LogP contribution in [0.1, 0.15) is 13.8 Å². The van der Waals surface area contributed by atoms with Crippen LogP contribution in [0.15, 0.2) is 56.3 Å². The number of fused-ring (bicyclic) bond motifs is 1. The van der Waals surface area contributed by atoms with Crippen LogP contribution >= 0.6 is 0 Å². The Morgan fingerprint density at radius 1 is 1.48 bits per heavy atom. The number of rotatable bonds is 6. The van der Waals surface area contributed by atoms with E-state index in [0.717, 1.165) is 30.3 Å². The first kappa shape index (κ1) is 18.8. The fourth-order valence-electron chi connectivity index (χ4n) is 3.18. The van der Waals surface area contributed by atoms with Gasteiger partial charge in [-0.2, -0.15) is 5.10 Å². The van der Waals surface area contributed by atoms with Gasteiger partial charge in [0.1, 0.15) is 17.6 Å². The average Bonchev–Trinajstić information content (AvgIpc) is 3.25. The van der Waals surface area contributed by atoms with E-state index in [9.17, 15) is 0 Å². The number of amidine groups is 1. The van der Waals surface area contributed by atoms with E-state index < -0.39 is 0 Å². The lowest BCUT2D eigenvalue weighted by Gasteiger charge is -2.26. The van der Waals surface area contributed by atoms with Crippen molar-refractivity contribution in [3.63, 3.8) is 0 Å². The number of nitrogens with one attached hydrogen (secondary N) is 1. The predicted molar refractivity (Wildman–Crippen MR) is 110 cm³/mol. The Labute approximate surface area is 160 Å². The van der Waals surface area contributed by atoms with Crippen molar-refractivity contribution < 1.29 is 4.68 Å². The van der Waals surface area contributed by atoms with Crippen molar-refractivity contribution in [3.05, 3.63) is 36.3 Å². The standard InChI is InChI=1S/C19H26N8/c1-5-7-8-15(20-3)11-27-12-16(9-23-27)24-19-18-17(10-21-13-25(19)4)26(6-2)14-22-18/h5,7-9,12-14,17-18H,3,6,10-11H2,1-2,4H3/p+1/b7-5-,15-8-,24-19?. The second-order valence-electron chi connectivity index (χ2n) is 6.47. The Hall–Kier alpha value is -3.03. The van der Waals surface area contributed by atoms with Gasteiger partial charge in [-0.05, 0) is 26.6 Å². The van der Waals surface area contributed by atoms with Gasteiger partial charge in [0, 0.05) is 13.6 Å². The largest absolute Gasteiger partial charge is 0.356 e. The summed E-state index contributed by atoms with van der Waals surface area (Å²) in [7, 11) is 1.97. The number of aliphatic imine (C=N–C) groups is 4. The highest BCUT2D eigenvalue weighted by Crippen LogP contribution is 2.21. The molecule has 0 amide bonds. The van der Waals surface area contributed by atoms with Gasteiger partial charge in [0.05, 0.1) is 31.5 Å². The minimum atomic E-state index is -0.0132. The van der Waals surface area contributed by atoms with E-state index in [1.54, 1.807) is 0 Å². The molecule has 1 N–H and O–H groups in total. The number of aromatic nitrogens is 2. The van der Waals surface area contributed by atoms with Crippen LogP contribution in [0, 0.1) is 0 Å². The molecule has 0 saturated carbocycles. The molecule has 2 atom stereocenters. The van der Waals surface area contributed by atoms with E-state index in [0.29, 0.717) is 6.54 Å². The van der Waals surface area contributed by atoms with Gasteiger partial charge in [-0.25, -0.2) is 4.99 Å². The number of nitrogens with zero attached hydrogens (tertiary/aromatic N) is 7. The minimum absolute atomic E-state index is 0.0132. The first-order valence-corrected chi connectivity index (χ1v) is 9.13. The quantitative estimate of drug-likeness (QED) is 0.471. The summed E-state index contributed by atoms with van der Waals surface area (Å²) in [5, 5.41) is 3.20. The van der Waals surface area contributed by atoms with Crippen molar-refractivity contribution >= 4 is 30.9 Å². The third-order valence-electron chi connectivity index (χ3n) is 4.63. The summed E-state index contributed by atoms with van der Waals surface area (Å²) >= 11 is 0. The molecule has 0 spiro atoms. The fourth-order valence-corrected chi connectivity index (χ4v) is 3.18. The van der Waals surface area contributed by atoms with Crippen LogP contribution < -0.4 is 4.68 Å². The summed E-state index contributed by atoms with van der Waals surface area (Å²) in [6, 6.07) is 0.210. The molecule has 2 unspecified atom stereocenters. The summed E-state index contributed by atoms with van der Waals surface area (Å²) in [5.74, 6) is 0.895. The first-order valence-electron chi connectivity index (χ1n) is 9.13. The zero-order chi connectivity index (χ0) is 19.2. The van der Waals surface area contributed by atoms with E-state index in [1.807, 2.05) is 66.9 Å². The van der Waals surface area contributed by atoms with Crippen molar-refractivity contribution in [1.82, 2.24) is 14.9 Å². The zero-order valence-electron chi connectivity index (χ0n) is 16.2. The molecule has 2 aliphatic heterocycles. The van der Waals surface area contributed by atoms with E-state index >= 15 is 0 Å². The van der Waals surface area contributed by atoms with Crippen LogP contribution in [0.5, 0.6) is 0 Å². The highest BCUT2D eigenvalue weighted by molar-refractivity contribution is 5.99. The molecule has 0 aliphatic carbocycles. The molecule has 142 valence electrons. The van der Waals surface area contributed by atoms with Crippen LogP contribution in [0.4, 0.5) is 5.69 Å². The lowest BCUT2D eigenvalue weighted by Crippen LogP contribution is -2.44. The van der Waals surface area contributed by atoms with Gasteiger partial charge in [-0.15, -0.1) is 4.68 Å². The number of hydrogen-bond acceptors (Lipinski definition) is 5. The summed E-state index contributed by atoms with van der Waals surface area (Å²) in [6.07, 6.45) is 13.5. The van der Waals surface area contributed by atoms with Crippen LogP contribution in [-0.2, 0) is 6.54 Å². The third-order valence-corrected chi connectivity index (χ3v) is 4.63. The van der Waals surface area contributed by atoms with Gasteiger partial charge in [-0.1, -0.05) is 12.2 Å². The summed E-state index contributed by atoms with van der Waals surface area (Å²) in [5.41, 5.74) is 1.71. The van der Waals surface area contributed by atoms with E-state index in [4.69, 9.17) is 9.98 Å². The molecule has 0 aromatic carbocycles. The summed E-state index contributed by atoms with van der Waals surface area (Å²) < 4.78 is 1.93. The number of aromatic amines is 1. The lowest BCUT2D eigenvalue weighted by molar-refractivity contribution is -0.742. The monoisotopic (exact) mass is 367 g/mol. The topological polar surface area (TPSA) is 75.6 Å². The molecule has 2 aliphatic rings. The second kappa shape index (κ2) is 8.57. The van der Waals surface area contributed by atoms with Gasteiger partial charge in [-0.3, -0.25) is 15.0 Å². The maximum Gasteiger partial charge on any atom is 0.221 e. The van der Waals surface area contributed by atoms with Crippen LogP contribution in [0.25, 0.3) is 0 Å². The Bertz CT molecular complexity index is 813. The maximum atomic E-state index is 4.87. The van der Waals surface area contributed by atoms with E-state index in [-0.39, 0.29) is 12.1 Å². The molecule has 0 radical (unpaired) electrons. The summed E-state index contributed by atoms with van der Waals surface area (Å²) in [4.78, 5) is 22.3. The van der Waals surface area contributed by atoms with E-state index in [2.05, 4.69) is 33.6 Å². The number of likely N-dealkylation sites (N-methyl/N-ethyl adjacent to an activating group) is 2. The van der Waals surface area contributed by atoms with Crippen molar-refractivity contribution in [2.45, 2.75) is 32.5 Å². The van der Waals surface area contributed by atoms with Gasteiger partial charge >= 0.3 is 0 Å². The second-order valence-corrected chi connectivity index (χ2v) is 6.47. The molecule has 0 bridgehead atoms. The molecular weight excluding hydrogens is 340 g/mol. The number of hydrogen-bond donors (Lipinski definition) is 1. The Morgan fingerprint density at radius 3 is 3.07 bits per heavy atom. The normalized spacial score (nSPS) is 24.1. The molecule has 27 heavy (non-hydrogen) atoms. The lowest BCUT2D eigenvalue weighted by atomic mass is 10.1. The van der Waals surface area contributed by atoms with Crippen LogP contribution in [0.3, 0.4) is 0 Å². The molecular formula is C19H27N8+. The Kier molecular flexibility index (Phi) is 5.95. The van der Waals surface area contributed by atoms with Gasteiger partial charge in [0.25, 0.3) is 0 Å². The third kappa shape index (κ3) is 4.21. The molecule has 0 fully saturated rings.